The minimum absolute atomic E-state index is 0.0276. The lowest BCUT2D eigenvalue weighted by Crippen LogP contribution is -2.41. The van der Waals surface area contributed by atoms with Gasteiger partial charge in [-0.05, 0) is 6.07 Å². The van der Waals surface area contributed by atoms with E-state index in [1.807, 2.05) is 0 Å². The molecular weight excluding hydrogens is 293 g/mol. The van der Waals surface area contributed by atoms with E-state index >= 15 is 0 Å². The largest absolute Gasteiger partial charge is 0.756 e. The number of phosphoric ester groups is 1. The molecule has 3 heterocycles. The summed E-state index contributed by atoms with van der Waals surface area (Å²) in [5.41, 5.74) is 4.64. The van der Waals surface area contributed by atoms with Gasteiger partial charge in [-0.15, -0.1) is 0 Å². The molecule has 110 valence electrons. The van der Waals surface area contributed by atoms with E-state index in [-0.39, 0.29) is 12.4 Å². The maximum Gasteiger partial charge on any atom is 0.351 e. The van der Waals surface area contributed by atoms with Gasteiger partial charge in [-0.2, -0.15) is 4.98 Å². The van der Waals surface area contributed by atoms with E-state index < -0.39 is 38.1 Å². The Hall–Kier alpha value is -1.29. The van der Waals surface area contributed by atoms with Crippen LogP contribution in [0.2, 0.25) is 0 Å². The molecule has 2 fully saturated rings. The van der Waals surface area contributed by atoms with Crippen LogP contribution in [0.15, 0.2) is 17.1 Å². The lowest BCUT2D eigenvalue weighted by Gasteiger charge is -2.34. The number of anilines is 1. The molecule has 5 atom stereocenters. The monoisotopic (exact) mass is 304 g/mol. The predicted molar refractivity (Wildman–Crippen MR) is 61.3 cm³/mol. The van der Waals surface area contributed by atoms with E-state index in [1.165, 1.54) is 12.3 Å². The summed E-state index contributed by atoms with van der Waals surface area (Å²) in [7, 11) is -4.44. The first-order valence-corrected chi connectivity index (χ1v) is 7.16. The first-order valence-electron chi connectivity index (χ1n) is 5.69. The Bertz CT molecular complexity index is 634. The van der Waals surface area contributed by atoms with Gasteiger partial charge in [0.05, 0.1) is 6.61 Å². The second kappa shape index (κ2) is 4.62. The number of nitrogens with zero attached hydrogens (tertiary/aromatic N) is 2. The molecule has 0 bridgehead atoms. The molecule has 5 unspecified atom stereocenters. The van der Waals surface area contributed by atoms with Crippen molar-refractivity contribution in [2.24, 2.45) is 0 Å². The molecule has 3 N–H and O–H groups in total. The molecule has 10 nitrogen and oxygen atoms in total. The first kappa shape index (κ1) is 13.7. The van der Waals surface area contributed by atoms with Gasteiger partial charge in [0.15, 0.2) is 6.23 Å². The van der Waals surface area contributed by atoms with Crippen LogP contribution >= 0.6 is 7.82 Å². The lowest BCUT2D eigenvalue weighted by molar-refractivity contribution is -0.245. The molecule has 1 aromatic heterocycles. The summed E-state index contributed by atoms with van der Waals surface area (Å²) in [6.45, 7) is -0.282. The van der Waals surface area contributed by atoms with Crippen LogP contribution in [0, 0.1) is 0 Å². The minimum Gasteiger partial charge on any atom is -0.756 e. The smallest absolute Gasteiger partial charge is 0.351 e. The van der Waals surface area contributed by atoms with Crippen molar-refractivity contribution in [2.45, 2.75) is 24.5 Å². The molecule has 0 spiro atoms. The fourth-order valence-corrected chi connectivity index (χ4v) is 3.13. The number of nitrogen functional groups attached to an aromatic ring is 1. The topological polar surface area (TPSA) is 149 Å². The normalized spacial score (nSPS) is 40.5. The van der Waals surface area contributed by atoms with Crippen molar-refractivity contribution in [1.29, 1.82) is 0 Å². The van der Waals surface area contributed by atoms with Crippen LogP contribution in [0.5, 0.6) is 0 Å². The number of fused-ring (bicyclic) bond motifs is 1. The van der Waals surface area contributed by atoms with Crippen molar-refractivity contribution < 1.29 is 28.3 Å². The standard InChI is InChI=1S/C9H12N3O7P/c10-5-1-2-12(9(14)11-5)8-6(13)7-4(18-8)3-17-20(15,16)19-7/h1-2,4,6-8,13H,3H2,(H,15,16)(H2,10,11,14)/p-1. The average molecular weight is 304 g/mol. The van der Waals surface area contributed by atoms with Gasteiger partial charge in [0.2, 0.25) is 0 Å². The Morgan fingerprint density at radius 1 is 1.60 bits per heavy atom. The third-order valence-electron chi connectivity index (χ3n) is 3.08. The Balaban J connectivity index is 1.90. The third-order valence-corrected chi connectivity index (χ3v) is 4.05. The molecule has 3 rings (SSSR count). The summed E-state index contributed by atoms with van der Waals surface area (Å²) in [5, 5.41) is 10.1. The summed E-state index contributed by atoms with van der Waals surface area (Å²) in [6.07, 6.45) is -3.09. The van der Waals surface area contributed by atoms with Crippen molar-refractivity contribution in [2.75, 3.05) is 12.3 Å². The summed E-state index contributed by atoms with van der Waals surface area (Å²) in [6, 6.07) is 1.36. The maximum absolute atomic E-state index is 11.7. The highest BCUT2D eigenvalue weighted by molar-refractivity contribution is 7.45. The van der Waals surface area contributed by atoms with Crippen molar-refractivity contribution in [3.05, 3.63) is 22.7 Å². The quantitative estimate of drug-likeness (QED) is 0.560. The van der Waals surface area contributed by atoms with Crippen LogP contribution in [0.1, 0.15) is 6.23 Å². The second-order valence-electron chi connectivity index (χ2n) is 4.41. The van der Waals surface area contributed by atoms with E-state index in [2.05, 4.69) is 14.0 Å². The van der Waals surface area contributed by atoms with Crippen molar-refractivity contribution >= 4 is 13.6 Å². The second-order valence-corrected chi connectivity index (χ2v) is 5.77. The van der Waals surface area contributed by atoms with E-state index in [0.29, 0.717) is 0 Å². The Morgan fingerprint density at radius 3 is 3.05 bits per heavy atom. The van der Waals surface area contributed by atoms with E-state index in [9.17, 15) is 19.4 Å². The fraction of sp³-hybridized carbons (Fsp3) is 0.556. The van der Waals surface area contributed by atoms with Gasteiger partial charge < -0.3 is 29.5 Å². The zero-order valence-corrected chi connectivity index (χ0v) is 10.9. The molecule has 0 aromatic carbocycles. The van der Waals surface area contributed by atoms with Gasteiger partial charge in [0.25, 0.3) is 7.82 Å². The molecule has 2 saturated heterocycles. The van der Waals surface area contributed by atoms with Crippen molar-refractivity contribution in [3.8, 4) is 0 Å². The molecule has 2 aliphatic heterocycles. The Morgan fingerprint density at radius 2 is 2.35 bits per heavy atom. The maximum atomic E-state index is 11.7. The number of aliphatic hydroxyl groups excluding tert-OH is 1. The van der Waals surface area contributed by atoms with E-state index in [4.69, 9.17) is 10.5 Å². The molecule has 0 aliphatic carbocycles. The summed E-state index contributed by atoms with van der Waals surface area (Å²) >= 11 is 0. The zero-order chi connectivity index (χ0) is 14.5. The van der Waals surface area contributed by atoms with Crippen molar-refractivity contribution in [3.63, 3.8) is 0 Å². The van der Waals surface area contributed by atoms with Gasteiger partial charge >= 0.3 is 5.69 Å². The van der Waals surface area contributed by atoms with E-state index in [0.717, 1.165) is 4.57 Å². The van der Waals surface area contributed by atoms with Gasteiger partial charge in [-0.3, -0.25) is 9.13 Å². The Kier molecular flexibility index (Phi) is 3.16. The molecular formula is C9H11N3O7P-. The van der Waals surface area contributed by atoms with E-state index in [1.54, 1.807) is 0 Å². The molecule has 0 saturated carbocycles. The van der Waals surface area contributed by atoms with Crippen LogP contribution in [0.25, 0.3) is 0 Å². The number of rotatable bonds is 1. The number of aromatic nitrogens is 2. The number of hydrogen-bond donors (Lipinski definition) is 2. The third kappa shape index (κ3) is 2.26. The number of hydrogen-bond acceptors (Lipinski definition) is 9. The van der Waals surface area contributed by atoms with Gasteiger partial charge in [0.1, 0.15) is 24.1 Å². The highest BCUT2D eigenvalue weighted by atomic mass is 31.2. The molecule has 20 heavy (non-hydrogen) atoms. The predicted octanol–water partition coefficient (Wildman–Crippen LogP) is -2.03. The SMILES string of the molecule is Nc1ccn(C2OC3COP(=O)([O-])OC3C2O)c(=O)n1. The van der Waals surface area contributed by atoms with Crippen LogP contribution in [0.4, 0.5) is 5.82 Å². The first-order chi connectivity index (χ1) is 9.37. The number of ether oxygens (including phenoxy) is 1. The molecule has 1 aromatic rings. The van der Waals surface area contributed by atoms with Crippen LogP contribution in [0.3, 0.4) is 0 Å². The van der Waals surface area contributed by atoms with Crippen molar-refractivity contribution in [1.82, 2.24) is 9.55 Å². The van der Waals surface area contributed by atoms with Gasteiger partial charge in [0, 0.05) is 6.20 Å². The summed E-state index contributed by atoms with van der Waals surface area (Å²) < 4.78 is 26.8. The Labute approximate surface area is 112 Å². The van der Waals surface area contributed by atoms with Crippen LogP contribution in [-0.2, 0) is 18.3 Å². The lowest BCUT2D eigenvalue weighted by atomic mass is 10.1. The summed E-state index contributed by atoms with van der Waals surface area (Å²) in [4.78, 5) is 26.4. The fourth-order valence-electron chi connectivity index (χ4n) is 2.18. The molecule has 11 heteroatoms. The minimum atomic E-state index is -4.44. The molecule has 0 radical (unpaired) electrons. The number of nitrogens with two attached hydrogens (primary N) is 1. The average Bonchev–Trinajstić information content (AvgIpc) is 2.66. The van der Waals surface area contributed by atoms with Crippen LogP contribution in [-0.4, -0.2) is 39.6 Å². The zero-order valence-electron chi connectivity index (χ0n) is 9.99. The highest BCUT2D eigenvalue weighted by Crippen LogP contribution is 2.49. The van der Waals surface area contributed by atoms with Crippen LogP contribution < -0.4 is 16.3 Å². The highest BCUT2D eigenvalue weighted by Gasteiger charge is 2.50. The molecule has 0 amide bonds. The number of phosphoric acid groups is 1. The van der Waals surface area contributed by atoms with Gasteiger partial charge in [-0.1, -0.05) is 0 Å². The number of aliphatic hydroxyl groups is 1. The molecule has 2 aliphatic rings. The summed E-state index contributed by atoms with van der Waals surface area (Å²) in [5.74, 6) is 0.0276. The van der Waals surface area contributed by atoms with Gasteiger partial charge in [-0.25, -0.2) is 4.79 Å².